The van der Waals surface area contributed by atoms with Crippen LogP contribution in [0.1, 0.15) is 30.7 Å². The molecule has 2 nitrogen and oxygen atoms in total. The van der Waals surface area contributed by atoms with E-state index in [1.165, 1.54) is 25.9 Å². The third-order valence-corrected chi connectivity index (χ3v) is 4.14. The van der Waals surface area contributed by atoms with Gasteiger partial charge in [0, 0.05) is 12.1 Å². The molecule has 0 saturated carbocycles. The van der Waals surface area contributed by atoms with Gasteiger partial charge < -0.3 is 9.64 Å². The lowest BCUT2D eigenvalue weighted by molar-refractivity contribution is 0.192. The largest absolute Gasteiger partial charge is 0.496 e. The number of rotatable bonds is 4. The second kappa shape index (κ2) is 6.44. The SMILES string of the molecule is COc1ccccc1C(Cl)CN1CCC(C)CC1. The number of halogens is 1. The van der Waals surface area contributed by atoms with Gasteiger partial charge in [0.05, 0.1) is 12.5 Å². The number of para-hydroxylation sites is 1. The van der Waals surface area contributed by atoms with E-state index in [2.05, 4.69) is 17.9 Å². The summed E-state index contributed by atoms with van der Waals surface area (Å²) >= 11 is 6.54. The summed E-state index contributed by atoms with van der Waals surface area (Å²) in [5.41, 5.74) is 1.10. The Balaban J connectivity index is 1.96. The summed E-state index contributed by atoms with van der Waals surface area (Å²) in [5.74, 6) is 1.75. The van der Waals surface area contributed by atoms with Crippen molar-refractivity contribution in [1.82, 2.24) is 4.90 Å². The average Bonchev–Trinajstić information content (AvgIpc) is 2.41. The Hall–Kier alpha value is -0.730. The Morgan fingerprint density at radius 2 is 2.00 bits per heavy atom. The maximum absolute atomic E-state index is 6.54. The molecular formula is C15H22ClNO. The molecule has 0 aliphatic carbocycles. The molecule has 1 aromatic rings. The average molecular weight is 268 g/mol. The highest BCUT2D eigenvalue weighted by molar-refractivity contribution is 6.21. The Bertz CT molecular complexity index is 375. The minimum absolute atomic E-state index is 0.00885. The highest BCUT2D eigenvalue weighted by Gasteiger charge is 2.20. The molecule has 0 radical (unpaired) electrons. The molecule has 1 atom stereocenters. The van der Waals surface area contributed by atoms with Gasteiger partial charge in [0.2, 0.25) is 0 Å². The highest BCUT2D eigenvalue weighted by atomic mass is 35.5. The fourth-order valence-corrected chi connectivity index (χ4v) is 2.87. The lowest BCUT2D eigenvalue weighted by atomic mass is 9.99. The number of nitrogens with zero attached hydrogens (tertiary/aromatic N) is 1. The van der Waals surface area contributed by atoms with Gasteiger partial charge in [-0.05, 0) is 37.9 Å². The van der Waals surface area contributed by atoms with Gasteiger partial charge in [0.25, 0.3) is 0 Å². The molecule has 1 aliphatic rings. The van der Waals surface area contributed by atoms with Crippen LogP contribution >= 0.6 is 11.6 Å². The second-order valence-corrected chi connectivity index (χ2v) is 5.72. The second-order valence-electron chi connectivity index (χ2n) is 5.19. The molecule has 1 saturated heterocycles. The lowest BCUT2D eigenvalue weighted by Crippen LogP contribution is -2.35. The van der Waals surface area contributed by atoms with Crippen molar-refractivity contribution in [3.8, 4) is 5.75 Å². The van der Waals surface area contributed by atoms with E-state index in [1.54, 1.807) is 7.11 Å². The molecule has 3 heteroatoms. The number of piperidine rings is 1. The molecule has 100 valence electrons. The minimum atomic E-state index is 0.00885. The topological polar surface area (TPSA) is 12.5 Å². The number of hydrogen-bond donors (Lipinski definition) is 0. The number of alkyl halides is 1. The molecule has 1 unspecified atom stereocenters. The molecule has 0 amide bonds. The number of likely N-dealkylation sites (tertiary alicyclic amines) is 1. The molecule has 2 rings (SSSR count). The van der Waals surface area contributed by atoms with E-state index in [0.717, 1.165) is 23.8 Å². The van der Waals surface area contributed by atoms with Crippen LogP contribution in [-0.4, -0.2) is 31.6 Å². The molecular weight excluding hydrogens is 246 g/mol. The fraction of sp³-hybridized carbons (Fsp3) is 0.600. The van der Waals surface area contributed by atoms with Crippen molar-refractivity contribution in [3.05, 3.63) is 29.8 Å². The third kappa shape index (κ3) is 3.39. The van der Waals surface area contributed by atoms with Crippen molar-refractivity contribution in [3.63, 3.8) is 0 Å². The Kier molecular flexibility index (Phi) is 4.90. The van der Waals surface area contributed by atoms with Crippen molar-refractivity contribution < 1.29 is 4.74 Å². The zero-order valence-electron chi connectivity index (χ0n) is 11.2. The Labute approximate surface area is 115 Å². The summed E-state index contributed by atoms with van der Waals surface area (Å²) in [6.45, 7) is 5.57. The highest BCUT2D eigenvalue weighted by Crippen LogP contribution is 2.31. The predicted octanol–water partition coefficient (Wildman–Crippen LogP) is 3.71. The first kappa shape index (κ1) is 13.7. The van der Waals surface area contributed by atoms with Gasteiger partial charge in [-0.2, -0.15) is 0 Å². The molecule has 0 N–H and O–H groups in total. The van der Waals surface area contributed by atoms with Crippen molar-refractivity contribution in [2.45, 2.75) is 25.1 Å². The normalized spacial score (nSPS) is 19.7. The van der Waals surface area contributed by atoms with Crippen LogP contribution in [0.4, 0.5) is 0 Å². The summed E-state index contributed by atoms with van der Waals surface area (Å²) in [6, 6.07) is 8.03. The number of ether oxygens (including phenoxy) is 1. The van der Waals surface area contributed by atoms with Crippen LogP contribution in [0.25, 0.3) is 0 Å². The smallest absolute Gasteiger partial charge is 0.123 e. The van der Waals surface area contributed by atoms with Gasteiger partial charge in [-0.15, -0.1) is 11.6 Å². The molecule has 0 aromatic heterocycles. The summed E-state index contributed by atoms with van der Waals surface area (Å²) in [6.07, 6.45) is 2.57. The van der Waals surface area contributed by atoms with Crippen LogP contribution in [0.15, 0.2) is 24.3 Å². The summed E-state index contributed by atoms with van der Waals surface area (Å²) in [4.78, 5) is 2.46. The molecule has 1 aliphatic heterocycles. The zero-order chi connectivity index (χ0) is 13.0. The maximum Gasteiger partial charge on any atom is 0.123 e. The third-order valence-electron chi connectivity index (χ3n) is 3.77. The quantitative estimate of drug-likeness (QED) is 0.771. The van der Waals surface area contributed by atoms with Crippen molar-refractivity contribution in [2.24, 2.45) is 5.92 Å². The van der Waals surface area contributed by atoms with Crippen LogP contribution < -0.4 is 4.74 Å². The van der Waals surface area contributed by atoms with Crippen molar-refractivity contribution >= 4 is 11.6 Å². The van der Waals surface area contributed by atoms with Gasteiger partial charge >= 0.3 is 0 Å². The lowest BCUT2D eigenvalue weighted by Gasteiger charge is -2.31. The minimum Gasteiger partial charge on any atom is -0.496 e. The number of hydrogen-bond acceptors (Lipinski definition) is 2. The first-order valence-electron chi connectivity index (χ1n) is 6.70. The molecule has 1 fully saturated rings. The summed E-state index contributed by atoms with van der Waals surface area (Å²) in [7, 11) is 1.70. The summed E-state index contributed by atoms with van der Waals surface area (Å²) in [5, 5.41) is 0.00885. The first-order valence-corrected chi connectivity index (χ1v) is 7.13. The van der Waals surface area contributed by atoms with Gasteiger partial charge in [-0.3, -0.25) is 0 Å². The van der Waals surface area contributed by atoms with Crippen LogP contribution in [-0.2, 0) is 0 Å². The maximum atomic E-state index is 6.54. The molecule has 0 spiro atoms. The van der Waals surface area contributed by atoms with Crippen molar-refractivity contribution in [1.29, 1.82) is 0 Å². The van der Waals surface area contributed by atoms with E-state index in [4.69, 9.17) is 16.3 Å². The molecule has 1 heterocycles. The number of methoxy groups -OCH3 is 1. The van der Waals surface area contributed by atoms with Crippen molar-refractivity contribution in [2.75, 3.05) is 26.7 Å². The zero-order valence-corrected chi connectivity index (χ0v) is 12.0. The van der Waals surface area contributed by atoms with E-state index < -0.39 is 0 Å². The fourth-order valence-electron chi connectivity index (χ4n) is 2.49. The standard InChI is InChI=1S/C15H22ClNO/c1-12-7-9-17(10-8-12)11-14(16)13-5-3-4-6-15(13)18-2/h3-6,12,14H,7-11H2,1-2H3. The van der Waals surface area contributed by atoms with Crippen LogP contribution in [0, 0.1) is 5.92 Å². The molecule has 0 bridgehead atoms. The van der Waals surface area contributed by atoms with E-state index >= 15 is 0 Å². The van der Waals surface area contributed by atoms with Crippen LogP contribution in [0.3, 0.4) is 0 Å². The number of benzene rings is 1. The monoisotopic (exact) mass is 267 g/mol. The van der Waals surface area contributed by atoms with Gasteiger partial charge in [0.1, 0.15) is 5.75 Å². The van der Waals surface area contributed by atoms with E-state index in [1.807, 2.05) is 18.2 Å². The van der Waals surface area contributed by atoms with Gasteiger partial charge in [-0.25, -0.2) is 0 Å². The van der Waals surface area contributed by atoms with Gasteiger partial charge in [0.15, 0.2) is 0 Å². The van der Waals surface area contributed by atoms with Crippen LogP contribution in [0.2, 0.25) is 0 Å². The van der Waals surface area contributed by atoms with Gasteiger partial charge in [-0.1, -0.05) is 25.1 Å². The Morgan fingerprint density at radius 3 is 2.67 bits per heavy atom. The van der Waals surface area contributed by atoms with Crippen LogP contribution in [0.5, 0.6) is 5.75 Å². The van der Waals surface area contributed by atoms with E-state index in [0.29, 0.717) is 0 Å². The molecule has 1 aromatic carbocycles. The summed E-state index contributed by atoms with van der Waals surface area (Å²) < 4.78 is 5.37. The first-order chi connectivity index (χ1) is 8.70. The Morgan fingerprint density at radius 1 is 1.33 bits per heavy atom. The molecule has 18 heavy (non-hydrogen) atoms. The van der Waals surface area contributed by atoms with E-state index in [9.17, 15) is 0 Å². The predicted molar refractivity (Wildman–Crippen MR) is 76.4 cm³/mol. The van der Waals surface area contributed by atoms with E-state index in [-0.39, 0.29) is 5.38 Å².